The third kappa shape index (κ3) is 6.42. The molecule has 38 heavy (non-hydrogen) atoms. The van der Waals surface area contributed by atoms with Crippen molar-refractivity contribution in [1.29, 1.82) is 0 Å². The molecule has 0 bridgehead atoms. The van der Waals surface area contributed by atoms with E-state index in [0.717, 1.165) is 61.9 Å². The van der Waals surface area contributed by atoms with Crippen molar-refractivity contribution in [3.8, 4) is 5.75 Å². The lowest BCUT2D eigenvalue weighted by atomic mass is 9.97. The molecular formula is C30H36N4O3S. The molecule has 3 heterocycles. The minimum absolute atomic E-state index is 0.0168. The number of nitrogens with zero attached hydrogens (tertiary/aromatic N) is 4. The van der Waals surface area contributed by atoms with Gasteiger partial charge in [0.05, 0.1) is 5.01 Å². The summed E-state index contributed by atoms with van der Waals surface area (Å²) in [7, 11) is 0. The van der Waals surface area contributed by atoms with Gasteiger partial charge in [0.25, 0.3) is 11.8 Å². The third-order valence-corrected chi connectivity index (χ3v) is 8.69. The zero-order valence-electron chi connectivity index (χ0n) is 22.3. The fraction of sp³-hybridized carbons (Fsp3) is 0.433. The Hall–Kier alpha value is -3.23. The van der Waals surface area contributed by atoms with Gasteiger partial charge in [-0.15, -0.1) is 11.3 Å². The minimum Gasteiger partial charge on any atom is -0.484 e. The number of hydrogen-bond donors (Lipinski definition) is 0. The molecule has 200 valence electrons. The monoisotopic (exact) mass is 532 g/mol. The topological polar surface area (TPSA) is 66.0 Å². The molecule has 0 unspecified atom stereocenters. The Bertz CT molecular complexity index is 1250. The number of rotatable bonds is 7. The number of likely N-dealkylation sites (tertiary alicyclic amines) is 1. The summed E-state index contributed by atoms with van der Waals surface area (Å²) in [4.78, 5) is 36.8. The van der Waals surface area contributed by atoms with E-state index in [-0.39, 0.29) is 24.3 Å². The number of ether oxygens (including phenoxy) is 1. The molecule has 2 aromatic carbocycles. The second kappa shape index (κ2) is 12.1. The number of benzene rings is 2. The third-order valence-electron chi connectivity index (χ3n) is 7.69. The van der Waals surface area contributed by atoms with Gasteiger partial charge in [-0.1, -0.05) is 36.4 Å². The molecule has 2 saturated heterocycles. The van der Waals surface area contributed by atoms with Crippen molar-refractivity contribution in [3.63, 3.8) is 0 Å². The fourth-order valence-corrected chi connectivity index (χ4v) is 6.07. The number of aryl methyl sites for hydroxylation is 2. The van der Waals surface area contributed by atoms with Gasteiger partial charge in [0.1, 0.15) is 11.4 Å². The Labute approximate surface area is 229 Å². The number of hydrogen-bond acceptors (Lipinski definition) is 6. The number of amides is 2. The average Bonchev–Trinajstić information content (AvgIpc) is 3.45. The highest BCUT2D eigenvalue weighted by Crippen LogP contribution is 2.31. The summed E-state index contributed by atoms with van der Waals surface area (Å²) >= 11 is 1.57. The molecule has 2 aliphatic rings. The van der Waals surface area contributed by atoms with E-state index in [1.54, 1.807) is 11.3 Å². The van der Waals surface area contributed by atoms with E-state index in [4.69, 9.17) is 9.72 Å². The van der Waals surface area contributed by atoms with E-state index in [0.29, 0.717) is 18.8 Å². The van der Waals surface area contributed by atoms with Gasteiger partial charge in [-0.2, -0.15) is 0 Å². The maximum absolute atomic E-state index is 13.1. The highest BCUT2D eigenvalue weighted by Gasteiger charge is 2.28. The quantitative estimate of drug-likeness (QED) is 0.448. The SMILES string of the molecule is Cc1ccc(OCC(=O)N2CCC(c3nc(C(=O)N4CCN(Cc5ccccc5)CC4)cs3)CC2)cc1C. The van der Waals surface area contributed by atoms with Gasteiger partial charge in [-0.05, 0) is 55.5 Å². The van der Waals surface area contributed by atoms with Crippen LogP contribution in [0.1, 0.15) is 50.9 Å². The van der Waals surface area contributed by atoms with E-state index < -0.39 is 0 Å². The summed E-state index contributed by atoms with van der Waals surface area (Å²) in [5.74, 6) is 1.06. The maximum Gasteiger partial charge on any atom is 0.273 e. The highest BCUT2D eigenvalue weighted by molar-refractivity contribution is 7.09. The molecular weight excluding hydrogens is 496 g/mol. The normalized spacial score (nSPS) is 17.0. The van der Waals surface area contributed by atoms with Crippen molar-refractivity contribution < 1.29 is 14.3 Å². The molecule has 0 aliphatic carbocycles. The lowest BCUT2D eigenvalue weighted by molar-refractivity contribution is -0.134. The number of thiazole rings is 1. The first-order chi connectivity index (χ1) is 18.5. The van der Waals surface area contributed by atoms with Gasteiger partial charge < -0.3 is 14.5 Å². The van der Waals surface area contributed by atoms with Crippen molar-refractivity contribution in [3.05, 3.63) is 81.3 Å². The summed E-state index contributed by atoms with van der Waals surface area (Å²) in [5.41, 5.74) is 4.22. The molecule has 3 aromatic rings. The van der Waals surface area contributed by atoms with Crippen LogP contribution in [0.15, 0.2) is 53.9 Å². The smallest absolute Gasteiger partial charge is 0.273 e. The molecule has 0 radical (unpaired) electrons. The van der Waals surface area contributed by atoms with Crippen molar-refractivity contribution in [2.45, 2.75) is 39.2 Å². The van der Waals surface area contributed by atoms with Crippen LogP contribution in [0.25, 0.3) is 0 Å². The van der Waals surface area contributed by atoms with Gasteiger partial charge in [0.2, 0.25) is 0 Å². The van der Waals surface area contributed by atoms with Crippen LogP contribution in [0, 0.1) is 13.8 Å². The molecule has 0 N–H and O–H groups in total. The summed E-state index contributed by atoms with van der Waals surface area (Å²) in [6.45, 7) is 9.65. The van der Waals surface area contributed by atoms with E-state index in [2.05, 4.69) is 36.1 Å². The number of aromatic nitrogens is 1. The number of piperidine rings is 1. The Kier molecular flexibility index (Phi) is 8.39. The first-order valence-corrected chi connectivity index (χ1v) is 14.3. The van der Waals surface area contributed by atoms with Crippen LogP contribution in [0.3, 0.4) is 0 Å². The summed E-state index contributed by atoms with van der Waals surface area (Å²) in [6.07, 6.45) is 1.71. The Morgan fingerprint density at radius 2 is 1.66 bits per heavy atom. The molecule has 5 rings (SSSR count). The van der Waals surface area contributed by atoms with E-state index in [1.807, 2.05) is 46.4 Å². The van der Waals surface area contributed by atoms with E-state index in [9.17, 15) is 9.59 Å². The Balaban J connectivity index is 1.07. The van der Waals surface area contributed by atoms with E-state index >= 15 is 0 Å². The fourth-order valence-electron chi connectivity index (χ4n) is 5.10. The summed E-state index contributed by atoms with van der Waals surface area (Å²) in [5, 5.41) is 2.91. The first-order valence-electron chi connectivity index (χ1n) is 13.4. The molecule has 2 fully saturated rings. The maximum atomic E-state index is 13.1. The number of piperazine rings is 1. The van der Waals surface area contributed by atoms with Crippen LogP contribution in [0.2, 0.25) is 0 Å². The van der Waals surface area contributed by atoms with Gasteiger partial charge >= 0.3 is 0 Å². The molecule has 1 aromatic heterocycles. The number of carbonyl (C=O) groups is 2. The van der Waals surface area contributed by atoms with E-state index in [1.165, 1.54) is 11.1 Å². The van der Waals surface area contributed by atoms with Crippen molar-refractivity contribution in [2.24, 2.45) is 0 Å². The second-order valence-electron chi connectivity index (χ2n) is 10.3. The van der Waals surface area contributed by atoms with Gasteiger partial charge in [-0.25, -0.2) is 4.98 Å². The predicted molar refractivity (Wildman–Crippen MR) is 150 cm³/mol. The number of carbonyl (C=O) groups excluding carboxylic acids is 2. The lowest BCUT2D eigenvalue weighted by Crippen LogP contribution is -2.48. The molecule has 2 aliphatic heterocycles. The zero-order valence-corrected chi connectivity index (χ0v) is 23.1. The summed E-state index contributed by atoms with van der Waals surface area (Å²) < 4.78 is 5.75. The summed E-state index contributed by atoms with van der Waals surface area (Å²) in [6, 6.07) is 16.4. The zero-order chi connectivity index (χ0) is 26.5. The minimum atomic E-state index is 0.0168. The Morgan fingerprint density at radius 3 is 2.37 bits per heavy atom. The molecule has 0 saturated carbocycles. The van der Waals surface area contributed by atoms with Crippen molar-refractivity contribution in [2.75, 3.05) is 45.9 Å². The average molecular weight is 533 g/mol. The van der Waals surface area contributed by atoms with Gasteiger partial charge in [0.15, 0.2) is 6.61 Å². The van der Waals surface area contributed by atoms with Crippen LogP contribution < -0.4 is 4.74 Å². The standard InChI is InChI=1S/C30H36N4O3S/c1-22-8-9-26(18-23(22)2)37-20-28(35)33-12-10-25(11-13-33)29-31-27(21-38-29)30(36)34-16-14-32(15-17-34)19-24-6-4-3-5-7-24/h3-9,18,21,25H,10-17,19-20H2,1-2H3. The van der Waals surface area contributed by atoms with Crippen LogP contribution >= 0.6 is 11.3 Å². The largest absolute Gasteiger partial charge is 0.484 e. The van der Waals surface area contributed by atoms with Crippen LogP contribution in [0.4, 0.5) is 0 Å². The molecule has 0 spiro atoms. The molecule has 7 nitrogen and oxygen atoms in total. The lowest BCUT2D eigenvalue weighted by Gasteiger charge is -2.34. The van der Waals surface area contributed by atoms with Crippen LogP contribution in [-0.2, 0) is 11.3 Å². The van der Waals surface area contributed by atoms with Crippen molar-refractivity contribution >= 4 is 23.2 Å². The Morgan fingerprint density at radius 1 is 0.921 bits per heavy atom. The van der Waals surface area contributed by atoms with Crippen LogP contribution in [0.5, 0.6) is 5.75 Å². The van der Waals surface area contributed by atoms with Gasteiger partial charge in [0, 0.05) is 57.1 Å². The van der Waals surface area contributed by atoms with Crippen LogP contribution in [-0.4, -0.2) is 77.4 Å². The molecule has 2 amide bonds. The first kappa shape index (κ1) is 26.4. The second-order valence-corrected chi connectivity index (χ2v) is 11.2. The molecule has 0 atom stereocenters. The van der Waals surface area contributed by atoms with Gasteiger partial charge in [-0.3, -0.25) is 14.5 Å². The molecule has 8 heteroatoms. The van der Waals surface area contributed by atoms with Crippen molar-refractivity contribution in [1.82, 2.24) is 19.7 Å². The highest BCUT2D eigenvalue weighted by atomic mass is 32.1. The predicted octanol–water partition coefficient (Wildman–Crippen LogP) is 4.50.